The molecule has 0 atom stereocenters. The molecular formula is C12H8BrClN2O2. The van der Waals surface area contributed by atoms with Crippen molar-refractivity contribution in [1.29, 1.82) is 0 Å². The average molecular weight is 328 g/mol. The van der Waals surface area contributed by atoms with Gasteiger partial charge in [0.1, 0.15) is 11.8 Å². The van der Waals surface area contributed by atoms with Gasteiger partial charge in [-0.2, -0.15) is 0 Å². The number of carbonyl (C=O) groups excluding carboxylic acids is 1. The first-order chi connectivity index (χ1) is 8.65. The van der Waals surface area contributed by atoms with Crippen LogP contribution in [0.3, 0.4) is 0 Å². The van der Waals surface area contributed by atoms with Crippen molar-refractivity contribution < 1.29 is 9.53 Å². The number of halogens is 2. The number of nitrogens with zero attached hydrogens (tertiary/aromatic N) is 2. The molecule has 0 N–H and O–H groups in total. The Hall–Kier alpha value is -1.46. The fourth-order valence-corrected chi connectivity index (χ4v) is 1.72. The minimum Gasteiger partial charge on any atom is -0.457 e. The highest BCUT2D eigenvalue weighted by atomic mass is 79.9. The molecule has 0 saturated heterocycles. The minimum absolute atomic E-state index is 0.148. The summed E-state index contributed by atoms with van der Waals surface area (Å²) in [7, 11) is 0. The van der Waals surface area contributed by atoms with Crippen LogP contribution in [0, 0.1) is 0 Å². The zero-order valence-electron chi connectivity index (χ0n) is 9.14. The molecule has 2 heterocycles. The molecule has 2 aromatic rings. The summed E-state index contributed by atoms with van der Waals surface area (Å²) in [5.74, 6) is -0.432. The molecule has 18 heavy (non-hydrogen) atoms. The van der Waals surface area contributed by atoms with E-state index in [2.05, 4.69) is 25.9 Å². The summed E-state index contributed by atoms with van der Waals surface area (Å²) in [6.45, 7) is 0.148. The summed E-state index contributed by atoms with van der Waals surface area (Å²) < 4.78 is 5.85. The van der Waals surface area contributed by atoms with Gasteiger partial charge in [0.05, 0.1) is 5.56 Å². The fourth-order valence-electron chi connectivity index (χ4n) is 1.25. The molecular weight excluding hydrogens is 320 g/mol. The van der Waals surface area contributed by atoms with E-state index in [-0.39, 0.29) is 6.61 Å². The summed E-state index contributed by atoms with van der Waals surface area (Å²) in [6.07, 6.45) is 4.61. The fraction of sp³-hybridized carbons (Fsp3) is 0.0833. The van der Waals surface area contributed by atoms with Crippen LogP contribution in [0.4, 0.5) is 0 Å². The molecule has 0 spiro atoms. The van der Waals surface area contributed by atoms with E-state index in [0.717, 1.165) is 10.0 Å². The van der Waals surface area contributed by atoms with Crippen molar-refractivity contribution in [1.82, 2.24) is 9.97 Å². The summed E-state index contributed by atoms with van der Waals surface area (Å²) in [5, 5.41) is 0.404. The van der Waals surface area contributed by atoms with Gasteiger partial charge in [-0.15, -0.1) is 0 Å². The van der Waals surface area contributed by atoms with Gasteiger partial charge in [-0.05, 0) is 28.1 Å². The molecule has 0 aliphatic heterocycles. The Morgan fingerprint density at radius 3 is 2.83 bits per heavy atom. The summed E-state index contributed by atoms with van der Waals surface area (Å²) in [5.41, 5.74) is 1.17. The largest absolute Gasteiger partial charge is 0.457 e. The maximum atomic E-state index is 11.7. The van der Waals surface area contributed by atoms with Gasteiger partial charge in [-0.25, -0.2) is 9.78 Å². The Morgan fingerprint density at radius 2 is 2.17 bits per heavy atom. The number of rotatable bonds is 3. The van der Waals surface area contributed by atoms with Crippen molar-refractivity contribution in [3.63, 3.8) is 0 Å². The van der Waals surface area contributed by atoms with E-state index in [1.165, 1.54) is 6.20 Å². The lowest BCUT2D eigenvalue weighted by atomic mass is 10.3. The van der Waals surface area contributed by atoms with Gasteiger partial charge < -0.3 is 4.74 Å². The topological polar surface area (TPSA) is 52.1 Å². The van der Waals surface area contributed by atoms with Crippen LogP contribution in [0.25, 0.3) is 0 Å². The van der Waals surface area contributed by atoms with E-state index in [1.54, 1.807) is 30.6 Å². The zero-order valence-corrected chi connectivity index (χ0v) is 11.5. The van der Waals surface area contributed by atoms with Crippen LogP contribution in [0.15, 0.2) is 41.3 Å². The normalized spacial score (nSPS) is 10.1. The molecule has 0 unspecified atom stereocenters. The lowest BCUT2D eigenvalue weighted by molar-refractivity contribution is 0.0472. The molecule has 0 amide bonds. The first-order valence-corrected chi connectivity index (χ1v) is 6.20. The smallest absolute Gasteiger partial charge is 0.340 e. The zero-order chi connectivity index (χ0) is 13.0. The first kappa shape index (κ1) is 13.0. The highest BCUT2D eigenvalue weighted by Crippen LogP contribution is 2.12. The van der Waals surface area contributed by atoms with Crippen LogP contribution in [-0.4, -0.2) is 15.9 Å². The number of esters is 1. The third-order valence-corrected chi connectivity index (χ3v) is 2.76. The van der Waals surface area contributed by atoms with Crippen molar-refractivity contribution in [3.8, 4) is 0 Å². The van der Waals surface area contributed by atoms with E-state index in [4.69, 9.17) is 16.3 Å². The molecule has 0 saturated carbocycles. The van der Waals surface area contributed by atoms with E-state index < -0.39 is 5.97 Å². The first-order valence-electron chi connectivity index (χ1n) is 5.03. The Kier molecular flexibility index (Phi) is 4.28. The quantitative estimate of drug-likeness (QED) is 0.641. The third-order valence-electron chi connectivity index (χ3n) is 2.10. The molecule has 2 aromatic heterocycles. The summed E-state index contributed by atoms with van der Waals surface area (Å²) >= 11 is 8.89. The maximum Gasteiger partial charge on any atom is 0.340 e. The van der Waals surface area contributed by atoms with Crippen molar-refractivity contribution >= 4 is 33.5 Å². The lowest BCUT2D eigenvalue weighted by Crippen LogP contribution is -2.05. The van der Waals surface area contributed by atoms with Crippen molar-refractivity contribution in [2.75, 3.05) is 0 Å². The van der Waals surface area contributed by atoms with Gasteiger partial charge in [0.15, 0.2) is 0 Å². The van der Waals surface area contributed by atoms with Crippen molar-refractivity contribution in [2.45, 2.75) is 6.61 Å². The van der Waals surface area contributed by atoms with E-state index in [1.807, 2.05) is 0 Å². The van der Waals surface area contributed by atoms with Gasteiger partial charge in [0, 0.05) is 28.6 Å². The van der Waals surface area contributed by atoms with Gasteiger partial charge in [-0.1, -0.05) is 17.7 Å². The van der Waals surface area contributed by atoms with E-state index in [9.17, 15) is 4.79 Å². The molecule has 0 aromatic carbocycles. The SMILES string of the molecule is O=C(OCc1ccc(Cl)nc1)c1cncc(Br)c1. The molecule has 4 nitrogen and oxygen atoms in total. The predicted octanol–water partition coefficient (Wildman–Crippen LogP) is 3.25. The Balaban J connectivity index is 1.98. The van der Waals surface area contributed by atoms with Crippen LogP contribution in [0.1, 0.15) is 15.9 Å². The molecule has 2 rings (SSSR count). The number of hydrogen-bond acceptors (Lipinski definition) is 4. The number of hydrogen-bond donors (Lipinski definition) is 0. The van der Waals surface area contributed by atoms with Gasteiger partial charge in [0.25, 0.3) is 0 Å². The van der Waals surface area contributed by atoms with Gasteiger partial charge >= 0.3 is 5.97 Å². The number of aromatic nitrogens is 2. The summed E-state index contributed by atoms with van der Waals surface area (Å²) in [6, 6.07) is 5.04. The second-order valence-corrected chi connectivity index (χ2v) is 4.76. The van der Waals surface area contributed by atoms with Crippen LogP contribution in [-0.2, 0) is 11.3 Å². The molecule has 92 valence electrons. The van der Waals surface area contributed by atoms with E-state index >= 15 is 0 Å². The Morgan fingerprint density at radius 1 is 1.33 bits per heavy atom. The highest BCUT2D eigenvalue weighted by Gasteiger charge is 2.08. The third kappa shape index (κ3) is 3.51. The maximum absolute atomic E-state index is 11.7. The van der Waals surface area contributed by atoms with Crippen LogP contribution in [0.5, 0.6) is 0 Å². The number of ether oxygens (including phenoxy) is 1. The van der Waals surface area contributed by atoms with Crippen LogP contribution < -0.4 is 0 Å². The second-order valence-electron chi connectivity index (χ2n) is 3.46. The minimum atomic E-state index is -0.432. The summed E-state index contributed by atoms with van der Waals surface area (Å²) in [4.78, 5) is 19.5. The van der Waals surface area contributed by atoms with Crippen molar-refractivity contribution in [2.24, 2.45) is 0 Å². The van der Waals surface area contributed by atoms with Gasteiger partial charge in [0.2, 0.25) is 0 Å². The average Bonchev–Trinajstić information content (AvgIpc) is 2.38. The highest BCUT2D eigenvalue weighted by molar-refractivity contribution is 9.10. The Labute approximate surface area is 117 Å². The van der Waals surface area contributed by atoms with E-state index in [0.29, 0.717) is 10.7 Å². The van der Waals surface area contributed by atoms with Crippen molar-refractivity contribution in [3.05, 3.63) is 57.5 Å². The molecule has 0 aliphatic rings. The Bertz CT molecular complexity index is 560. The number of pyridine rings is 2. The number of carbonyl (C=O) groups is 1. The molecule has 0 radical (unpaired) electrons. The lowest BCUT2D eigenvalue weighted by Gasteiger charge is -2.04. The standard InChI is InChI=1S/C12H8BrClN2O2/c13-10-3-9(5-15-6-10)12(17)18-7-8-1-2-11(14)16-4-8/h1-6H,7H2. The predicted molar refractivity (Wildman–Crippen MR) is 70.3 cm³/mol. The molecule has 6 heteroatoms. The van der Waals surface area contributed by atoms with Crippen LogP contribution >= 0.6 is 27.5 Å². The monoisotopic (exact) mass is 326 g/mol. The molecule has 0 bridgehead atoms. The second kappa shape index (κ2) is 5.93. The van der Waals surface area contributed by atoms with Crippen LogP contribution in [0.2, 0.25) is 5.15 Å². The molecule has 0 aliphatic carbocycles. The van der Waals surface area contributed by atoms with Gasteiger partial charge in [-0.3, -0.25) is 4.98 Å². The molecule has 0 fully saturated rings.